The Labute approximate surface area is 128 Å². The molecular weight excluding hydrogens is 292 g/mol. The van der Waals surface area contributed by atoms with Gasteiger partial charge in [0, 0.05) is 18.0 Å². The van der Waals surface area contributed by atoms with Gasteiger partial charge in [0.05, 0.1) is 6.04 Å². The van der Waals surface area contributed by atoms with E-state index in [2.05, 4.69) is 0 Å². The third kappa shape index (κ3) is 3.26. The maximum Gasteiger partial charge on any atom is 0.410 e. The van der Waals surface area contributed by atoms with E-state index >= 15 is 0 Å². The van der Waals surface area contributed by atoms with Crippen molar-refractivity contribution in [3.63, 3.8) is 0 Å². The lowest BCUT2D eigenvalue weighted by Gasteiger charge is -2.28. The number of carbonyl (C=O) groups excluding carboxylic acids is 2. The average Bonchev–Trinajstić information content (AvgIpc) is 2.80. The highest BCUT2D eigenvalue weighted by Crippen LogP contribution is 2.36. The fourth-order valence-corrected chi connectivity index (χ4v) is 2.70. The highest BCUT2D eigenvalue weighted by Gasteiger charge is 2.41. The molecule has 0 aliphatic carbocycles. The Bertz CT molecular complexity index is 563. The van der Waals surface area contributed by atoms with Gasteiger partial charge in [0.1, 0.15) is 23.5 Å². The second-order valence-electron chi connectivity index (χ2n) is 6.33. The monoisotopic (exact) mass is 311 g/mol. The molecule has 120 valence electrons. The van der Waals surface area contributed by atoms with E-state index in [1.165, 1.54) is 11.0 Å². The number of rotatable bonds is 2. The van der Waals surface area contributed by atoms with Crippen molar-refractivity contribution >= 4 is 12.4 Å². The van der Waals surface area contributed by atoms with Crippen molar-refractivity contribution in [2.75, 3.05) is 6.54 Å². The molecule has 0 N–H and O–H groups in total. The first-order valence-corrected chi connectivity index (χ1v) is 7.13. The molecular formula is C16H19F2NO3. The summed E-state index contributed by atoms with van der Waals surface area (Å²) in [6.45, 7) is 5.36. The van der Waals surface area contributed by atoms with Crippen molar-refractivity contribution in [2.24, 2.45) is 0 Å². The smallest absolute Gasteiger partial charge is 0.410 e. The summed E-state index contributed by atoms with van der Waals surface area (Å²) in [6, 6.07) is 2.64. The Morgan fingerprint density at radius 1 is 1.32 bits per heavy atom. The zero-order chi connectivity index (χ0) is 16.5. The molecule has 2 atom stereocenters. The van der Waals surface area contributed by atoms with Crippen LogP contribution in [0.25, 0.3) is 0 Å². The summed E-state index contributed by atoms with van der Waals surface area (Å²) in [5.74, 6) is -2.11. The lowest BCUT2D eigenvalue weighted by molar-refractivity contribution is -0.112. The van der Waals surface area contributed by atoms with Gasteiger partial charge >= 0.3 is 6.09 Å². The molecule has 0 bridgehead atoms. The van der Waals surface area contributed by atoms with Crippen LogP contribution in [-0.2, 0) is 9.53 Å². The number of aldehydes is 1. The van der Waals surface area contributed by atoms with Gasteiger partial charge in [-0.3, -0.25) is 4.90 Å². The highest BCUT2D eigenvalue weighted by molar-refractivity contribution is 5.75. The lowest BCUT2D eigenvalue weighted by Crippen LogP contribution is -2.42. The predicted octanol–water partition coefficient (Wildman–Crippen LogP) is 3.26. The van der Waals surface area contributed by atoms with Crippen molar-refractivity contribution in [2.45, 2.75) is 44.8 Å². The Morgan fingerprint density at radius 3 is 2.41 bits per heavy atom. The van der Waals surface area contributed by atoms with E-state index in [9.17, 15) is 18.4 Å². The van der Waals surface area contributed by atoms with Crippen LogP contribution in [0.5, 0.6) is 0 Å². The molecule has 1 unspecified atom stereocenters. The first kappa shape index (κ1) is 16.4. The van der Waals surface area contributed by atoms with Crippen molar-refractivity contribution in [1.29, 1.82) is 0 Å². The average molecular weight is 311 g/mol. The molecule has 0 aromatic heterocycles. The highest BCUT2D eigenvalue weighted by atomic mass is 19.1. The van der Waals surface area contributed by atoms with Gasteiger partial charge in [0.15, 0.2) is 0 Å². The van der Waals surface area contributed by atoms with E-state index in [0.717, 1.165) is 12.1 Å². The van der Waals surface area contributed by atoms with E-state index in [1.54, 1.807) is 20.8 Å². The van der Waals surface area contributed by atoms with Gasteiger partial charge in [0.2, 0.25) is 0 Å². The summed E-state index contributed by atoms with van der Waals surface area (Å²) in [5, 5.41) is 0. The second-order valence-corrected chi connectivity index (χ2v) is 6.33. The van der Waals surface area contributed by atoms with Gasteiger partial charge in [-0.25, -0.2) is 13.6 Å². The number of hydrogen-bond donors (Lipinski definition) is 0. The molecule has 1 heterocycles. The number of likely N-dealkylation sites (tertiary alicyclic amines) is 1. The van der Waals surface area contributed by atoms with Crippen LogP contribution < -0.4 is 0 Å². The molecule has 22 heavy (non-hydrogen) atoms. The molecule has 4 nitrogen and oxygen atoms in total. The van der Waals surface area contributed by atoms with Crippen LogP contribution in [0.1, 0.15) is 38.7 Å². The van der Waals surface area contributed by atoms with Crippen LogP contribution >= 0.6 is 0 Å². The third-order valence-electron chi connectivity index (χ3n) is 3.59. The van der Waals surface area contributed by atoms with Gasteiger partial charge in [0.25, 0.3) is 0 Å². The molecule has 1 saturated heterocycles. The standard InChI is InChI=1S/C16H19F2NO3/c1-16(2,3)22-15(21)19-8-7-10(13(19)9-20)14-11(17)5-4-6-12(14)18/h4-6,9-10,13H,7-8H2,1-3H3/t10-,13?/m1/s1. The Kier molecular flexibility index (Phi) is 4.49. The minimum absolute atomic E-state index is 0.148. The molecule has 1 amide bonds. The molecule has 2 rings (SSSR count). The molecule has 1 aromatic carbocycles. The third-order valence-corrected chi connectivity index (χ3v) is 3.59. The number of ether oxygens (including phenoxy) is 1. The molecule has 6 heteroatoms. The maximum absolute atomic E-state index is 13.9. The lowest BCUT2D eigenvalue weighted by atomic mass is 9.91. The van der Waals surface area contributed by atoms with Crippen LogP contribution in [0.15, 0.2) is 18.2 Å². The van der Waals surface area contributed by atoms with Crippen LogP contribution in [0.2, 0.25) is 0 Å². The van der Waals surface area contributed by atoms with Gasteiger partial charge in [-0.1, -0.05) is 6.07 Å². The van der Waals surface area contributed by atoms with Gasteiger partial charge in [-0.05, 0) is 39.3 Å². The van der Waals surface area contributed by atoms with Gasteiger partial charge < -0.3 is 9.53 Å². The largest absolute Gasteiger partial charge is 0.444 e. The summed E-state index contributed by atoms with van der Waals surface area (Å²) < 4.78 is 33.1. The topological polar surface area (TPSA) is 46.6 Å². The Hall–Kier alpha value is -1.98. The van der Waals surface area contributed by atoms with E-state index in [1.807, 2.05) is 0 Å². The van der Waals surface area contributed by atoms with E-state index < -0.39 is 35.3 Å². The zero-order valence-electron chi connectivity index (χ0n) is 12.8. The fourth-order valence-electron chi connectivity index (χ4n) is 2.70. The van der Waals surface area contributed by atoms with Crippen LogP contribution in [0.4, 0.5) is 13.6 Å². The van der Waals surface area contributed by atoms with Crippen molar-refractivity contribution in [1.82, 2.24) is 4.90 Å². The molecule has 0 radical (unpaired) electrons. The summed E-state index contributed by atoms with van der Waals surface area (Å²) >= 11 is 0. The quantitative estimate of drug-likeness (QED) is 0.788. The molecule has 0 saturated carbocycles. The molecule has 1 aromatic rings. The number of amides is 1. The van der Waals surface area contributed by atoms with E-state index in [4.69, 9.17) is 4.74 Å². The van der Waals surface area contributed by atoms with Crippen LogP contribution in [0.3, 0.4) is 0 Å². The molecule has 1 aliphatic heterocycles. The maximum atomic E-state index is 13.9. The molecule has 1 aliphatic rings. The minimum atomic E-state index is -0.929. The first-order valence-electron chi connectivity index (χ1n) is 7.13. The molecule has 0 spiro atoms. The van der Waals surface area contributed by atoms with Crippen LogP contribution in [0, 0.1) is 11.6 Å². The second kappa shape index (κ2) is 6.02. The van der Waals surface area contributed by atoms with Crippen LogP contribution in [-0.4, -0.2) is 35.5 Å². The van der Waals surface area contributed by atoms with Gasteiger partial charge in [-0.2, -0.15) is 0 Å². The predicted molar refractivity (Wildman–Crippen MR) is 76.5 cm³/mol. The Balaban J connectivity index is 2.27. The zero-order valence-corrected chi connectivity index (χ0v) is 12.8. The van der Waals surface area contributed by atoms with Crippen molar-refractivity contribution < 1.29 is 23.1 Å². The first-order chi connectivity index (χ1) is 10.2. The summed E-state index contributed by atoms with van der Waals surface area (Å²) in [5.41, 5.74) is -0.850. The number of hydrogen-bond acceptors (Lipinski definition) is 3. The van der Waals surface area contributed by atoms with Gasteiger partial charge in [-0.15, -0.1) is 0 Å². The summed E-state index contributed by atoms with van der Waals surface area (Å²) in [6.07, 6.45) is 0.206. The van der Waals surface area contributed by atoms with Crippen molar-refractivity contribution in [3.8, 4) is 0 Å². The fraction of sp³-hybridized carbons (Fsp3) is 0.500. The molecule has 1 fully saturated rings. The normalized spacial score (nSPS) is 21.8. The number of carbonyl (C=O) groups is 2. The summed E-state index contributed by atoms with van der Waals surface area (Å²) in [4.78, 5) is 24.8. The van der Waals surface area contributed by atoms with Crippen molar-refractivity contribution in [3.05, 3.63) is 35.4 Å². The Morgan fingerprint density at radius 2 is 1.91 bits per heavy atom. The number of halogens is 2. The summed E-state index contributed by atoms with van der Waals surface area (Å²) in [7, 11) is 0. The number of benzene rings is 1. The van der Waals surface area contributed by atoms with E-state index in [0.29, 0.717) is 12.7 Å². The number of nitrogens with zero attached hydrogens (tertiary/aromatic N) is 1. The SMILES string of the molecule is CC(C)(C)OC(=O)N1CC[C@@H](c2c(F)cccc2F)C1C=O. The minimum Gasteiger partial charge on any atom is -0.444 e. The van der Waals surface area contributed by atoms with E-state index in [-0.39, 0.29) is 12.1 Å².